The number of hydrogen-bond donors (Lipinski definition) is 0. The Morgan fingerprint density at radius 3 is 1.67 bits per heavy atom. The highest BCUT2D eigenvalue weighted by Crippen LogP contribution is 2.48. The van der Waals surface area contributed by atoms with Crippen molar-refractivity contribution in [3.05, 3.63) is 140 Å². The van der Waals surface area contributed by atoms with Crippen LogP contribution in [0.25, 0.3) is 54.9 Å². The maximum Gasteiger partial charge on any atom is 0.281 e. The third kappa shape index (κ3) is 3.06. The molecule has 198 valence electrons. The summed E-state index contributed by atoms with van der Waals surface area (Å²) < 4.78 is 0. The van der Waals surface area contributed by atoms with Crippen molar-refractivity contribution in [2.75, 3.05) is 0 Å². The lowest BCUT2D eigenvalue weighted by molar-refractivity contribution is -0.385. The summed E-state index contributed by atoms with van der Waals surface area (Å²) in [6.07, 6.45) is 0. The Hall–Kier alpha value is -6.02. The number of carbonyl (C=O) groups excluding carboxylic acids is 2. The van der Waals surface area contributed by atoms with Crippen molar-refractivity contribution >= 4 is 44.5 Å². The number of benzene rings is 6. The van der Waals surface area contributed by atoms with Gasteiger partial charge in [-0.2, -0.15) is 0 Å². The lowest BCUT2D eigenvalue weighted by Crippen LogP contribution is -2.12. The van der Waals surface area contributed by atoms with Crippen LogP contribution < -0.4 is 0 Å². The zero-order chi connectivity index (χ0) is 28.9. The first-order chi connectivity index (χ1) is 20.3. The highest BCUT2D eigenvalue weighted by Gasteiger charge is 2.33. The van der Waals surface area contributed by atoms with Crippen molar-refractivity contribution in [3.8, 4) is 33.4 Å². The summed E-state index contributed by atoms with van der Waals surface area (Å²) in [4.78, 5) is 49.9. The molecule has 8 heteroatoms. The molecule has 0 heterocycles. The minimum absolute atomic E-state index is 0.0547. The number of fused-ring (bicyclic) bond motifs is 4. The van der Waals surface area contributed by atoms with Crippen LogP contribution >= 0.6 is 0 Å². The number of ketones is 2. The molecule has 0 N–H and O–H groups in total. The molecular formula is C34H16N2O6. The third-order valence-electron chi connectivity index (χ3n) is 8.31. The molecule has 0 atom stereocenters. The van der Waals surface area contributed by atoms with Crippen LogP contribution in [0.3, 0.4) is 0 Å². The first-order valence-corrected chi connectivity index (χ1v) is 13.1. The van der Waals surface area contributed by atoms with Gasteiger partial charge in [-0.1, -0.05) is 48.5 Å². The molecule has 6 aromatic carbocycles. The molecule has 0 unspecified atom stereocenters. The van der Waals surface area contributed by atoms with Gasteiger partial charge in [0, 0.05) is 39.6 Å². The number of non-ortho nitro benzene ring substituents is 1. The van der Waals surface area contributed by atoms with E-state index >= 15 is 0 Å². The topological polar surface area (TPSA) is 120 Å². The van der Waals surface area contributed by atoms with E-state index in [9.17, 15) is 29.8 Å². The molecule has 0 spiro atoms. The van der Waals surface area contributed by atoms with Crippen molar-refractivity contribution in [2.24, 2.45) is 0 Å². The van der Waals surface area contributed by atoms with Gasteiger partial charge in [0.25, 0.3) is 11.4 Å². The van der Waals surface area contributed by atoms with Gasteiger partial charge in [0.1, 0.15) is 5.56 Å². The van der Waals surface area contributed by atoms with Gasteiger partial charge in [-0.25, -0.2) is 0 Å². The minimum atomic E-state index is -0.540. The molecule has 0 fully saturated rings. The molecule has 42 heavy (non-hydrogen) atoms. The molecule has 8 rings (SSSR count). The van der Waals surface area contributed by atoms with Gasteiger partial charge in [0.15, 0.2) is 5.78 Å². The van der Waals surface area contributed by atoms with Crippen LogP contribution in [0.15, 0.2) is 97.1 Å². The lowest BCUT2D eigenvalue weighted by Gasteiger charge is -2.23. The Bertz CT molecular complexity index is 2300. The number of hydrogen-bond acceptors (Lipinski definition) is 6. The fourth-order valence-electron chi connectivity index (χ4n) is 6.53. The predicted octanol–water partition coefficient (Wildman–Crippen LogP) is 7.90. The van der Waals surface area contributed by atoms with Crippen LogP contribution in [0.1, 0.15) is 31.8 Å². The average molecular weight is 549 g/mol. The van der Waals surface area contributed by atoms with Crippen LogP contribution in [-0.4, -0.2) is 21.4 Å². The van der Waals surface area contributed by atoms with E-state index in [1.54, 1.807) is 36.4 Å². The molecule has 2 aliphatic carbocycles. The van der Waals surface area contributed by atoms with Crippen LogP contribution in [0.4, 0.5) is 11.4 Å². The molecule has 6 aromatic rings. The van der Waals surface area contributed by atoms with Gasteiger partial charge in [-0.05, 0) is 75.2 Å². The fourth-order valence-corrected chi connectivity index (χ4v) is 6.53. The molecule has 0 bridgehead atoms. The van der Waals surface area contributed by atoms with Crippen molar-refractivity contribution in [3.63, 3.8) is 0 Å². The molecule has 0 saturated heterocycles. The van der Waals surface area contributed by atoms with E-state index in [1.165, 1.54) is 18.2 Å². The van der Waals surface area contributed by atoms with Gasteiger partial charge in [0.05, 0.1) is 15.2 Å². The van der Waals surface area contributed by atoms with Crippen LogP contribution in [0.2, 0.25) is 0 Å². The van der Waals surface area contributed by atoms with E-state index in [-0.39, 0.29) is 22.7 Å². The van der Waals surface area contributed by atoms with Gasteiger partial charge < -0.3 is 0 Å². The molecule has 0 aliphatic heterocycles. The summed E-state index contributed by atoms with van der Waals surface area (Å²) in [5.74, 6) is -0.584. The number of nitrogens with zero attached hydrogens (tertiary/aromatic N) is 2. The Morgan fingerprint density at radius 1 is 0.476 bits per heavy atom. The maximum atomic E-state index is 13.5. The highest BCUT2D eigenvalue weighted by molar-refractivity contribution is 6.29. The standard InChI is InChI=1S/C34H16N2O6/c37-33-22-7-3-1-5-20(22)26-15-19(16-27-28(35(39)40)12-10-24(33)31(26)27)18-13-17-9-11-29(36(41)42)32-30(17)25(14-18)21-6-2-4-8-23(21)34(32)38/h1-16H. The minimum Gasteiger partial charge on any atom is -0.289 e. The largest absolute Gasteiger partial charge is 0.289 e. The number of carbonyl (C=O) groups is 2. The second kappa shape index (κ2) is 8.25. The van der Waals surface area contributed by atoms with E-state index < -0.39 is 15.6 Å². The number of rotatable bonds is 3. The monoisotopic (exact) mass is 548 g/mol. The maximum absolute atomic E-state index is 13.5. The van der Waals surface area contributed by atoms with Crippen molar-refractivity contribution < 1.29 is 19.4 Å². The third-order valence-corrected chi connectivity index (χ3v) is 8.31. The summed E-state index contributed by atoms with van der Waals surface area (Å²) in [6.45, 7) is 0. The first-order valence-electron chi connectivity index (χ1n) is 13.1. The van der Waals surface area contributed by atoms with E-state index in [2.05, 4.69) is 0 Å². The number of nitro benzene ring substituents is 2. The van der Waals surface area contributed by atoms with Crippen molar-refractivity contribution in [1.29, 1.82) is 0 Å². The van der Waals surface area contributed by atoms with Crippen LogP contribution in [-0.2, 0) is 0 Å². The normalized spacial score (nSPS) is 12.8. The van der Waals surface area contributed by atoms with Crippen molar-refractivity contribution in [1.82, 2.24) is 0 Å². The molecule has 2 aliphatic rings. The van der Waals surface area contributed by atoms with Gasteiger partial charge in [-0.3, -0.25) is 29.8 Å². The Labute approximate surface area is 236 Å². The van der Waals surface area contributed by atoms with Crippen molar-refractivity contribution in [2.45, 2.75) is 0 Å². The molecule has 0 saturated carbocycles. The SMILES string of the molecule is O=C1c2ccccc2-c2cc(-c3cc4c5c(ccc([N+](=O)[O-])c5c3)C(=O)c3ccccc3-4)cc3ccc([N+](=O)[O-])c1c23. The summed E-state index contributed by atoms with van der Waals surface area (Å²) in [7, 11) is 0. The van der Waals surface area contributed by atoms with Gasteiger partial charge in [-0.15, -0.1) is 0 Å². The second-order valence-corrected chi connectivity index (χ2v) is 10.4. The lowest BCUT2D eigenvalue weighted by atomic mass is 9.79. The molecule has 0 amide bonds. The van der Waals surface area contributed by atoms with E-state index in [0.29, 0.717) is 71.6 Å². The summed E-state index contributed by atoms with van der Waals surface area (Å²) in [5.41, 5.74) is 5.13. The molecule has 0 aromatic heterocycles. The smallest absolute Gasteiger partial charge is 0.281 e. The Kier molecular flexibility index (Phi) is 4.68. The zero-order valence-corrected chi connectivity index (χ0v) is 21.6. The average Bonchev–Trinajstić information content (AvgIpc) is 3.01. The first kappa shape index (κ1) is 23.8. The fraction of sp³-hybridized carbons (Fsp3) is 0. The van der Waals surface area contributed by atoms with E-state index in [4.69, 9.17) is 0 Å². The van der Waals surface area contributed by atoms with Gasteiger partial charge in [0.2, 0.25) is 5.78 Å². The summed E-state index contributed by atoms with van der Waals surface area (Å²) >= 11 is 0. The van der Waals surface area contributed by atoms with Gasteiger partial charge >= 0.3 is 0 Å². The highest BCUT2D eigenvalue weighted by atomic mass is 16.6. The van der Waals surface area contributed by atoms with E-state index in [1.807, 2.05) is 42.5 Å². The summed E-state index contributed by atoms with van der Waals surface area (Å²) in [6, 6.07) is 27.5. The van der Waals surface area contributed by atoms with Crippen LogP contribution in [0, 0.1) is 20.2 Å². The summed E-state index contributed by atoms with van der Waals surface area (Å²) in [5, 5.41) is 26.1. The second-order valence-electron chi connectivity index (χ2n) is 10.4. The molecular weight excluding hydrogens is 532 g/mol. The predicted molar refractivity (Wildman–Crippen MR) is 158 cm³/mol. The Morgan fingerprint density at radius 2 is 1.02 bits per heavy atom. The molecule has 0 radical (unpaired) electrons. The quantitative estimate of drug-likeness (QED) is 0.163. The van der Waals surface area contributed by atoms with E-state index in [0.717, 1.165) is 0 Å². The molecule has 8 nitrogen and oxygen atoms in total. The van der Waals surface area contributed by atoms with Crippen LogP contribution in [0.5, 0.6) is 0 Å². The zero-order valence-electron chi connectivity index (χ0n) is 21.6. The Balaban J connectivity index is 1.49. The number of nitro groups is 2.